The summed E-state index contributed by atoms with van der Waals surface area (Å²) in [5.74, 6) is -0.0489. The SMILES string of the molecule is COCCN(CCOC)C(=O)c1cccnc1. The van der Waals surface area contributed by atoms with E-state index in [0.717, 1.165) is 0 Å². The van der Waals surface area contributed by atoms with E-state index in [1.54, 1.807) is 43.6 Å². The zero-order valence-electron chi connectivity index (χ0n) is 10.3. The van der Waals surface area contributed by atoms with Crippen molar-refractivity contribution in [2.45, 2.75) is 0 Å². The molecule has 5 heteroatoms. The number of hydrogen-bond donors (Lipinski definition) is 0. The molecule has 1 aromatic heterocycles. The van der Waals surface area contributed by atoms with Crippen LogP contribution >= 0.6 is 0 Å². The Hall–Kier alpha value is -1.46. The number of carbonyl (C=O) groups excluding carboxylic acids is 1. The van der Waals surface area contributed by atoms with Gasteiger partial charge in [-0.05, 0) is 12.1 Å². The van der Waals surface area contributed by atoms with Gasteiger partial charge in [0.1, 0.15) is 0 Å². The van der Waals surface area contributed by atoms with Gasteiger partial charge in [-0.15, -0.1) is 0 Å². The Balaban J connectivity index is 2.64. The van der Waals surface area contributed by atoms with Gasteiger partial charge >= 0.3 is 0 Å². The van der Waals surface area contributed by atoms with Gasteiger partial charge in [0, 0.05) is 39.7 Å². The van der Waals surface area contributed by atoms with E-state index in [1.165, 1.54) is 0 Å². The molecular weight excluding hydrogens is 220 g/mol. The number of aromatic nitrogens is 1. The summed E-state index contributed by atoms with van der Waals surface area (Å²) in [4.78, 5) is 17.8. The van der Waals surface area contributed by atoms with Gasteiger partial charge in [0.05, 0.1) is 18.8 Å². The second kappa shape index (κ2) is 7.76. The Morgan fingerprint density at radius 3 is 2.41 bits per heavy atom. The number of carbonyl (C=O) groups is 1. The first-order valence-electron chi connectivity index (χ1n) is 5.46. The minimum absolute atomic E-state index is 0.0489. The summed E-state index contributed by atoms with van der Waals surface area (Å²) in [6.07, 6.45) is 3.21. The van der Waals surface area contributed by atoms with Crippen LogP contribution in [0.1, 0.15) is 10.4 Å². The summed E-state index contributed by atoms with van der Waals surface area (Å²) in [6.45, 7) is 2.12. The summed E-state index contributed by atoms with van der Waals surface area (Å²) in [5.41, 5.74) is 0.583. The molecular formula is C12H18N2O3. The summed E-state index contributed by atoms with van der Waals surface area (Å²) in [7, 11) is 3.23. The first-order valence-corrected chi connectivity index (χ1v) is 5.46. The molecule has 0 saturated carbocycles. The van der Waals surface area contributed by atoms with E-state index in [1.807, 2.05) is 0 Å². The van der Waals surface area contributed by atoms with Crippen LogP contribution in [0, 0.1) is 0 Å². The van der Waals surface area contributed by atoms with Crippen molar-refractivity contribution in [3.05, 3.63) is 30.1 Å². The highest BCUT2D eigenvalue weighted by atomic mass is 16.5. The van der Waals surface area contributed by atoms with E-state index < -0.39 is 0 Å². The minimum Gasteiger partial charge on any atom is -0.383 e. The Bertz CT molecular complexity index is 322. The van der Waals surface area contributed by atoms with Gasteiger partial charge in [-0.2, -0.15) is 0 Å². The number of methoxy groups -OCH3 is 2. The van der Waals surface area contributed by atoms with Crippen molar-refractivity contribution in [1.82, 2.24) is 9.88 Å². The Labute approximate surface area is 101 Å². The molecule has 0 bridgehead atoms. The van der Waals surface area contributed by atoms with Crippen LogP contribution in [-0.4, -0.2) is 56.3 Å². The van der Waals surface area contributed by atoms with E-state index in [4.69, 9.17) is 9.47 Å². The van der Waals surface area contributed by atoms with Gasteiger partial charge < -0.3 is 14.4 Å². The van der Waals surface area contributed by atoms with Crippen LogP contribution in [0.2, 0.25) is 0 Å². The highest BCUT2D eigenvalue weighted by molar-refractivity contribution is 5.93. The zero-order chi connectivity index (χ0) is 12.5. The molecule has 94 valence electrons. The largest absolute Gasteiger partial charge is 0.383 e. The number of ether oxygens (including phenoxy) is 2. The molecule has 17 heavy (non-hydrogen) atoms. The lowest BCUT2D eigenvalue weighted by molar-refractivity contribution is 0.0627. The lowest BCUT2D eigenvalue weighted by atomic mass is 10.2. The van der Waals surface area contributed by atoms with E-state index in [0.29, 0.717) is 31.9 Å². The topological polar surface area (TPSA) is 51.7 Å². The highest BCUT2D eigenvalue weighted by Crippen LogP contribution is 2.03. The van der Waals surface area contributed by atoms with Gasteiger partial charge in [0.15, 0.2) is 0 Å². The van der Waals surface area contributed by atoms with Gasteiger partial charge in [0.25, 0.3) is 5.91 Å². The first kappa shape index (κ1) is 13.6. The first-order chi connectivity index (χ1) is 8.29. The average molecular weight is 238 g/mol. The molecule has 0 aliphatic heterocycles. The summed E-state index contributed by atoms with van der Waals surface area (Å²) in [6, 6.07) is 3.50. The Kier molecular flexibility index (Phi) is 6.21. The fourth-order valence-electron chi connectivity index (χ4n) is 1.39. The highest BCUT2D eigenvalue weighted by Gasteiger charge is 2.14. The van der Waals surface area contributed by atoms with Gasteiger partial charge in [-0.1, -0.05) is 0 Å². The second-order valence-corrected chi connectivity index (χ2v) is 3.52. The third kappa shape index (κ3) is 4.50. The molecule has 0 fully saturated rings. The molecule has 1 aromatic rings. The smallest absolute Gasteiger partial charge is 0.255 e. The average Bonchev–Trinajstić information content (AvgIpc) is 2.39. The fourth-order valence-corrected chi connectivity index (χ4v) is 1.39. The summed E-state index contributed by atoms with van der Waals surface area (Å²) < 4.78 is 9.98. The molecule has 1 rings (SSSR count). The molecule has 0 aliphatic rings. The second-order valence-electron chi connectivity index (χ2n) is 3.52. The van der Waals surface area contributed by atoms with E-state index in [2.05, 4.69) is 4.98 Å². The van der Waals surface area contributed by atoms with Crippen LogP contribution < -0.4 is 0 Å². The standard InChI is InChI=1S/C12H18N2O3/c1-16-8-6-14(7-9-17-2)12(15)11-4-3-5-13-10-11/h3-5,10H,6-9H2,1-2H3. The van der Waals surface area contributed by atoms with Crippen molar-refractivity contribution in [1.29, 1.82) is 0 Å². The Morgan fingerprint density at radius 1 is 1.29 bits per heavy atom. The maximum atomic E-state index is 12.1. The number of hydrogen-bond acceptors (Lipinski definition) is 4. The van der Waals surface area contributed by atoms with Crippen LogP contribution in [0.5, 0.6) is 0 Å². The maximum Gasteiger partial charge on any atom is 0.255 e. The van der Waals surface area contributed by atoms with Gasteiger partial charge in [-0.3, -0.25) is 9.78 Å². The van der Waals surface area contributed by atoms with Crippen molar-refractivity contribution < 1.29 is 14.3 Å². The predicted molar refractivity (Wildman–Crippen MR) is 63.9 cm³/mol. The molecule has 1 amide bonds. The molecule has 0 unspecified atom stereocenters. The lowest BCUT2D eigenvalue weighted by Gasteiger charge is -2.21. The van der Waals surface area contributed by atoms with E-state index in [9.17, 15) is 4.79 Å². The lowest BCUT2D eigenvalue weighted by Crippen LogP contribution is -2.36. The molecule has 0 N–H and O–H groups in total. The fraction of sp³-hybridized carbons (Fsp3) is 0.500. The van der Waals surface area contributed by atoms with Crippen LogP contribution in [0.25, 0.3) is 0 Å². The predicted octanol–water partition coefficient (Wildman–Crippen LogP) is 0.817. The third-order valence-electron chi connectivity index (χ3n) is 2.33. The monoisotopic (exact) mass is 238 g/mol. The van der Waals surface area contributed by atoms with Crippen molar-refractivity contribution in [3.63, 3.8) is 0 Å². The number of nitrogens with zero attached hydrogens (tertiary/aromatic N) is 2. The summed E-state index contributed by atoms with van der Waals surface area (Å²) in [5, 5.41) is 0. The summed E-state index contributed by atoms with van der Waals surface area (Å²) >= 11 is 0. The van der Waals surface area contributed by atoms with Gasteiger partial charge in [-0.25, -0.2) is 0 Å². The van der Waals surface area contributed by atoms with E-state index in [-0.39, 0.29) is 5.91 Å². The molecule has 0 atom stereocenters. The maximum absolute atomic E-state index is 12.1. The van der Waals surface area contributed by atoms with Crippen LogP contribution in [0.4, 0.5) is 0 Å². The van der Waals surface area contributed by atoms with Crippen molar-refractivity contribution in [2.24, 2.45) is 0 Å². The molecule has 0 spiro atoms. The molecule has 1 heterocycles. The van der Waals surface area contributed by atoms with Crippen molar-refractivity contribution in [3.8, 4) is 0 Å². The quantitative estimate of drug-likeness (QED) is 0.705. The Morgan fingerprint density at radius 2 is 1.94 bits per heavy atom. The molecule has 0 aliphatic carbocycles. The number of pyridine rings is 1. The molecule has 0 saturated heterocycles. The molecule has 5 nitrogen and oxygen atoms in total. The van der Waals surface area contributed by atoms with Crippen LogP contribution in [-0.2, 0) is 9.47 Å². The van der Waals surface area contributed by atoms with Crippen molar-refractivity contribution >= 4 is 5.91 Å². The molecule has 0 aromatic carbocycles. The third-order valence-corrected chi connectivity index (χ3v) is 2.33. The zero-order valence-corrected chi connectivity index (χ0v) is 10.3. The normalized spacial score (nSPS) is 10.2. The number of rotatable bonds is 7. The minimum atomic E-state index is -0.0489. The molecule has 0 radical (unpaired) electrons. The number of amides is 1. The van der Waals surface area contributed by atoms with Crippen LogP contribution in [0.15, 0.2) is 24.5 Å². The van der Waals surface area contributed by atoms with Crippen LogP contribution in [0.3, 0.4) is 0 Å². The van der Waals surface area contributed by atoms with Crippen molar-refractivity contribution in [2.75, 3.05) is 40.5 Å². The van der Waals surface area contributed by atoms with Gasteiger partial charge in [0.2, 0.25) is 0 Å². The van der Waals surface area contributed by atoms with E-state index >= 15 is 0 Å².